The molecule has 1 unspecified atom stereocenters. The van der Waals surface area contributed by atoms with Crippen molar-refractivity contribution in [2.24, 2.45) is 0 Å². The Morgan fingerprint density at radius 3 is 2.71 bits per heavy atom. The van der Waals surface area contributed by atoms with Crippen molar-refractivity contribution in [2.75, 3.05) is 7.05 Å². The lowest BCUT2D eigenvalue weighted by atomic mass is 10.1. The molecule has 1 atom stereocenters. The molecule has 1 nitrogen and oxygen atoms in total. The molecule has 0 bridgehead atoms. The molecule has 3 rings (SSSR count). The summed E-state index contributed by atoms with van der Waals surface area (Å²) in [6.07, 6.45) is 4.93. The largest absolute Gasteiger partial charge is 0.313 e. The van der Waals surface area contributed by atoms with Gasteiger partial charge in [-0.05, 0) is 67.6 Å². The van der Waals surface area contributed by atoms with Gasteiger partial charge in [-0.2, -0.15) is 0 Å². The van der Waals surface area contributed by atoms with Gasteiger partial charge in [0.25, 0.3) is 0 Å². The van der Waals surface area contributed by atoms with E-state index in [1.54, 1.807) is 11.1 Å². The predicted octanol–water partition coefficient (Wildman–Crippen LogP) is 5.00. The van der Waals surface area contributed by atoms with Gasteiger partial charge >= 0.3 is 0 Å². The van der Waals surface area contributed by atoms with E-state index in [4.69, 9.17) is 0 Å². The molecule has 0 heterocycles. The van der Waals surface area contributed by atoms with Crippen LogP contribution in [0.5, 0.6) is 0 Å². The maximum absolute atomic E-state index is 3.42. The van der Waals surface area contributed by atoms with Gasteiger partial charge in [0.1, 0.15) is 0 Å². The number of hydrogen-bond donors (Lipinski definition) is 1. The van der Waals surface area contributed by atoms with Crippen molar-refractivity contribution < 1.29 is 0 Å². The first-order valence-electron chi connectivity index (χ1n) is 7.87. The Labute approximate surface area is 132 Å². The van der Waals surface area contributed by atoms with Crippen molar-refractivity contribution in [1.82, 2.24) is 5.32 Å². The first-order valence-corrected chi connectivity index (χ1v) is 8.69. The summed E-state index contributed by atoms with van der Waals surface area (Å²) < 4.78 is 0. The normalized spacial score (nSPS) is 15.0. The summed E-state index contributed by atoms with van der Waals surface area (Å²) in [5, 5.41) is 3.42. The van der Waals surface area contributed by atoms with Crippen molar-refractivity contribution >= 4 is 11.8 Å². The number of rotatable bonds is 5. The maximum Gasteiger partial charge on any atom is 0.0326 e. The highest BCUT2D eigenvalue weighted by atomic mass is 32.2. The second kappa shape index (κ2) is 6.67. The topological polar surface area (TPSA) is 12.0 Å². The van der Waals surface area contributed by atoms with E-state index in [0.29, 0.717) is 6.04 Å². The molecule has 2 aromatic rings. The Kier molecular flexibility index (Phi) is 4.67. The van der Waals surface area contributed by atoms with Gasteiger partial charge in [0.2, 0.25) is 0 Å². The van der Waals surface area contributed by atoms with E-state index in [0.717, 1.165) is 6.42 Å². The van der Waals surface area contributed by atoms with Crippen molar-refractivity contribution in [3.05, 3.63) is 59.2 Å². The number of nitrogens with one attached hydrogen (secondary N) is 1. The van der Waals surface area contributed by atoms with E-state index in [1.807, 2.05) is 18.8 Å². The van der Waals surface area contributed by atoms with Crippen LogP contribution in [0.15, 0.2) is 52.3 Å². The van der Waals surface area contributed by atoms with Gasteiger partial charge in [0.15, 0.2) is 0 Å². The summed E-state index contributed by atoms with van der Waals surface area (Å²) in [7, 11) is 2.05. The Bertz CT molecular complexity index is 617. The van der Waals surface area contributed by atoms with Crippen LogP contribution in [0.3, 0.4) is 0 Å². The van der Waals surface area contributed by atoms with Crippen molar-refractivity contribution in [1.29, 1.82) is 0 Å². The van der Waals surface area contributed by atoms with Gasteiger partial charge in [-0.25, -0.2) is 0 Å². The van der Waals surface area contributed by atoms with Crippen LogP contribution in [-0.2, 0) is 12.8 Å². The molecule has 0 fully saturated rings. The van der Waals surface area contributed by atoms with Crippen LogP contribution in [-0.4, -0.2) is 7.05 Å². The molecule has 1 aliphatic carbocycles. The third-order valence-electron chi connectivity index (χ3n) is 4.35. The Morgan fingerprint density at radius 1 is 1.10 bits per heavy atom. The molecule has 110 valence electrons. The second-order valence-corrected chi connectivity index (χ2v) is 6.79. The van der Waals surface area contributed by atoms with E-state index in [9.17, 15) is 0 Å². The van der Waals surface area contributed by atoms with Crippen LogP contribution in [0.2, 0.25) is 0 Å². The van der Waals surface area contributed by atoms with E-state index < -0.39 is 0 Å². The summed E-state index contributed by atoms with van der Waals surface area (Å²) in [5.74, 6) is 0. The molecule has 1 N–H and O–H groups in total. The molecule has 0 radical (unpaired) electrons. The van der Waals surface area contributed by atoms with Crippen LogP contribution >= 0.6 is 11.8 Å². The first-order chi connectivity index (χ1) is 10.3. The highest BCUT2D eigenvalue weighted by Gasteiger charge is 2.14. The highest BCUT2D eigenvalue weighted by Crippen LogP contribution is 2.36. The van der Waals surface area contributed by atoms with Gasteiger partial charge in [-0.1, -0.05) is 43.0 Å². The number of fused-ring (bicyclic) bond motifs is 1. The van der Waals surface area contributed by atoms with Crippen molar-refractivity contribution in [3.8, 4) is 0 Å². The molecular weight excluding hydrogens is 274 g/mol. The quantitative estimate of drug-likeness (QED) is 0.833. The van der Waals surface area contributed by atoms with E-state index in [-0.39, 0.29) is 0 Å². The molecule has 0 spiro atoms. The van der Waals surface area contributed by atoms with Crippen LogP contribution in [0.1, 0.15) is 42.5 Å². The van der Waals surface area contributed by atoms with Crippen molar-refractivity contribution in [2.45, 2.75) is 48.4 Å². The third kappa shape index (κ3) is 3.17. The zero-order valence-electron chi connectivity index (χ0n) is 12.9. The average molecular weight is 297 g/mol. The molecule has 0 saturated heterocycles. The third-order valence-corrected chi connectivity index (χ3v) is 5.43. The number of benzene rings is 2. The van der Waals surface area contributed by atoms with E-state index >= 15 is 0 Å². The average Bonchev–Trinajstić information content (AvgIpc) is 2.98. The summed E-state index contributed by atoms with van der Waals surface area (Å²) in [6.45, 7) is 2.23. The lowest BCUT2D eigenvalue weighted by Crippen LogP contribution is -2.15. The summed E-state index contributed by atoms with van der Waals surface area (Å²) in [4.78, 5) is 2.74. The smallest absolute Gasteiger partial charge is 0.0326 e. The monoisotopic (exact) mass is 297 g/mol. The number of hydrogen-bond acceptors (Lipinski definition) is 2. The number of aryl methyl sites for hydroxylation is 2. The fourth-order valence-electron chi connectivity index (χ4n) is 3.18. The van der Waals surface area contributed by atoms with E-state index in [1.165, 1.54) is 34.6 Å². The summed E-state index contributed by atoms with van der Waals surface area (Å²) >= 11 is 1.90. The second-order valence-electron chi connectivity index (χ2n) is 5.67. The van der Waals surface area contributed by atoms with Gasteiger partial charge in [-0.3, -0.25) is 0 Å². The van der Waals surface area contributed by atoms with Gasteiger partial charge in [-0.15, -0.1) is 0 Å². The summed E-state index contributed by atoms with van der Waals surface area (Å²) in [5.41, 5.74) is 4.51. The Hall–Kier alpha value is -1.25. The van der Waals surface area contributed by atoms with Crippen LogP contribution in [0.25, 0.3) is 0 Å². The van der Waals surface area contributed by atoms with E-state index in [2.05, 4.69) is 54.7 Å². The lowest BCUT2D eigenvalue weighted by Gasteiger charge is -2.18. The molecule has 0 aromatic heterocycles. The van der Waals surface area contributed by atoms with Gasteiger partial charge < -0.3 is 5.32 Å². The Morgan fingerprint density at radius 2 is 1.90 bits per heavy atom. The molecule has 0 amide bonds. The molecule has 0 saturated carbocycles. The molecule has 21 heavy (non-hydrogen) atoms. The minimum atomic E-state index is 0.433. The maximum atomic E-state index is 3.42. The van der Waals surface area contributed by atoms with Crippen LogP contribution in [0.4, 0.5) is 0 Å². The minimum absolute atomic E-state index is 0.433. The molecule has 1 aliphatic rings. The molecule has 2 heteroatoms. The standard InChI is InChI=1S/C19H23NS/c1-3-18(20-2)17-9-4-5-10-19(17)21-16-12-11-14-7-6-8-15(14)13-16/h4-5,9-13,18,20H,3,6-8H2,1-2H3. The fourth-order valence-corrected chi connectivity index (χ4v) is 4.25. The first kappa shape index (κ1) is 14.7. The molecular formula is C19H23NS. The Balaban J connectivity index is 1.88. The predicted molar refractivity (Wildman–Crippen MR) is 91.1 cm³/mol. The summed E-state index contributed by atoms with van der Waals surface area (Å²) in [6, 6.07) is 16.2. The molecule has 0 aliphatic heterocycles. The minimum Gasteiger partial charge on any atom is -0.313 e. The van der Waals surface area contributed by atoms with Gasteiger partial charge in [0, 0.05) is 15.8 Å². The molecule has 2 aromatic carbocycles. The fraction of sp³-hybridized carbons (Fsp3) is 0.368. The van der Waals surface area contributed by atoms with Crippen LogP contribution < -0.4 is 5.32 Å². The van der Waals surface area contributed by atoms with Crippen molar-refractivity contribution in [3.63, 3.8) is 0 Å². The van der Waals surface area contributed by atoms with Crippen LogP contribution in [0, 0.1) is 0 Å². The van der Waals surface area contributed by atoms with Gasteiger partial charge in [0.05, 0.1) is 0 Å². The zero-order valence-corrected chi connectivity index (χ0v) is 13.7. The lowest BCUT2D eigenvalue weighted by molar-refractivity contribution is 0.568. The highest BCUT2D eigenvalue weighted by molar-refractivity contribution is 7.99. The SMILES string of the molecule is CCC(NC)c1ccccc1Sc1ccc2c(c1)CCC2. The zero-order chi connectivity index (χ0) is 14.7.